The standard InChI is InChI=1S/C22H32N4O4S/c1-18(27)19-4-6-21(7-5-19)23-14-16-24(17-15-23)22(28)20-8-12-26(13-9-20)31(29,30)25-10-2-3-11-25/h4-7,20H,2-3,8-17H2,1H3. The van der Waals surface area contributed by atoms with Gasteiger partial charge < -0.3 is 9.80 Å². The highest BCUT2D eigenvalue weighted by atomic mass is 32.2. The van der Waals surface area contributed by atoms with Crippen LogP contribution in [0.3, 0.4) is 0 Å². The van der Waals surface area contributed by atoms with Gasteiger partial charge in [-0.1, -0.05) is 0 Å². The lowest BCUT2D eigenvalue weighted by Gasteiger charge is -2.39. The second kappa shape index (κ2) is 9.26. The van der Waals surface area contributed by atoms with Crippen molar-refractivity contribution in [2.75, 3.05) is 57.3 Å². The predicted octanol–water partition coefficient (Wildman–Crippen LogP) is 1.59. The molecule has 3 aliphatic heterocycles. The summed E-state index contributed by atoms with van der Waals surface area (Å²) in [7, 11) is -3.37. The largest absolute Gasteiger partial charge is 0.368 e. The first kappa shape index (κ1) is 22.2. The Morgan fingerprint density at radius 2 is 1.35 bits per heavy atom. The van der Waals surface area contributed by atoms with Crippen molar-refractivity contribution < 1.29 is 18.0 Å². The van der Waals surface area contributed by atoms with Gasteiger partial charge in [-0.25, -0.2) is 0 Å². The number of piperidine rings is 1. The molecule has 3 aliphatic rings. The Hall–Kier alpha value is -1.97. The molecule has 0 atom stereocenters. The number of nitrogens with zero attached hydrogens (tertiary/aromatic N) is 4. The van der Waals surface area contributed by atoms with Gasteiger partial charge in [0.1, 0.15) is 0 Å². The van der Waals surface area contributed by atoms with Crippen molar-refractivity contribution in [1.29, 1.82) is 0 Å². The third-order valence-electron chi connectivity index (χ3n) is 6.75. The number of hydrogen-bond acceptors (Lipinski definition) is 5. The number of benzene rings is 1. The van der Waals surface area contributed by atoms with Gasteiger partial charge in [-0.3, -0.25) is 9.59 Å². The fourth-order valence-electron chi connectivity index (χ4n) is 4.77. The van der Waals surface area contributed by atoms with Crippen molar-refractivity contribution in [1.82, 2.24) is 13.5 Å². The van der Waals surface area contributed by atoms with Gasteiger partial charge in [0.2, 0.25) is 5.91 Å². The molecule has 1 aromatic carbocycles. The molecule has 8 nitrogen and oxygen atoms in total. The highest BCUT2D eigenvalue weighted by molar-refractivity contribution is 7.86. The van der Waals surface area contributed by atoms with Crippen LogP contribution in [0.15, 0.2) is 24.3 Å². The molecule has 1 amide bonds. The second-order valence-electron chi connectivity index (χ2n) is 8.70. The molecule has 31 heavy (non-hydrogen) atoms. The highest BCUT2D eigenvalue weighted by Crippen LogP contribution is 2.26. The SMILES string of the molecule is CC(=O)c1ccc(N2CCN(C(=O)C3CCN(S(=O)(=O)N4CCCC4)CC3)CC2)cc1. The van der Waals surface area contributed by atoms with E-state index in [4.69, 9.17) is 0 Å². The lowest BCUT2D eigenvalue weighted by Crippen LogP contribution is -2.52. The molecule has 3 saturated heterocycles. The molecule has 0 radical (unpaired) electrons. The van der Waals surface area contributed by atoms with Crippen molar-refractivity contribution in [2.24, 2.45) is 5.92 Å². The fraction of sp³-hybridized carbons (Fsp3) is 0.636. The highest BCUT2D eigenvalue weighted by Gasteiger charge is 2.37. The fourth-order valence-corrected chi connectivity index (χ4v) is 6.48. The average Bonchev–Trinajstić information content (AvgIpc) is 3.35. The lowest BCUT2D eigenvalue weighted by molar-refractivity contribution is -0.137. The van der Waals surface area contributed by atoms with Crippen LogP contribution in [-0.4, -0.2) is 86.0 Å². The topological polar surface area (TPSA) is 81.2 Å². The molecular weight excluding hydrogens is 416 g/mol. The van der Waals surface area contributed by atoms with E-state index >= 15 is 0 Å². The van der Waals surface area contributed by atoms with E-state index < -0.39 is 10.2 Å². The minimum absolute atomic E-state index is 0.0567. The van der Waals surface area contributed by atoms with Crippen LogP contribution in [0, 0.1) is 5.92 Å². The summed E-state index contributed by atoms with van der Waals surface area (Å²) in [5.41, 5.74) is 1.77. The zero-order valence-corrected chi connectivity index (χ0v) is 19.0. The molecule has 4 rings (SSSR count). The molecule has 0 unspecified atom stereocenters. The smallest absolute Gasteiger partial charge is 0.281 e. The van der Waals surface area contributed by atoms with Crippen LogP contribution in [0.4, 0.5) is 5.69 Å². The number of carbonyl (C=O) groups is 2. The van der Waals surface area contributed by atoms with Gasteiger partial charge in [-0.05, 0) is 56.9 Å². The molecule has 1 aromatic rings. The van der Waals surface area contributed by atoms with E-state index in [1.807, 2.05) is 29.2 Å². The lowest BCUT2D eigenvalue weighted by atomic mass is 9.96. The quantitative estimate of drug-likeness (QED) is 0.639. The van der Waals surface area contributed by atoms with Crippen LogP contribution in [0.25, 0.3) is 0 Å². The molecule has 3 fully saturated rings. The number of Topliss-reactive ketones (excluding diaryl/α,β-unsaturated/α-hetero) is 1. The third kappa shape index (κ3) is 4.78. The Labute approximate surface area is 185 Å². The maximum atomic E-state index is 13.0. The van der Waals surface area contributed by atoms with Crippen molar-refractivity contribution in [3.8, 4) is 0 Å². The minimum Gasteiger partial charge on any atom is -0.368 e. The first-order valence-electron chi connectivity index (χ1n) is 11.3. The normalized spacial score (nSPS) is 22.1. The van der Waals surface area contributed by atoms with Gasteiger partial charge in [-0.2, -0.15) is 17.0 Å². The van der Waals surface area contributed by atoms with Crippen LogP contribution in [0.2, 0.25) is 0 Å². The van der Waals surface area contributed by atoms with Crippen LogP contribution in [0.5, 0.6) is 0 Å². The summed E-state index contributed by atoms with van der Waals surface area (Å²) in [4.78, 5) is 28.6. The van der Waals surface area contributed by atoms with E-state index in [9.17, 15) is 18.0 Å². The van der Waals surface area contributed by atoms with E-state index in [0.29, 0.717) is 57.7 Å². The summed E-state index contributed by atoms with van der Waals surface area (Å²) >= 11 is 0. The van der Waals surface area contributed by atoms with Crippen molar-refractivity contribution in [3.63, 3.8) is 0 Å². The molecule has 0 N–H and O–H groups in total. The first-order chi connectivity index (χ1) is 14.9. The van der Waals surface area contributed by atoms with Gasteiger partial charge in [0.15, 0.2) is 5.78 Å². The Bertz CT molecular complexity index is 896. The molecule has 3 heterocycles. The molecule has 0 aliphatic carbocycles. The zero-order chi connectivity index (χ0) is 22.0. The van der Waals surface area contributed by atoms with Crippen LogP contribution < -0.4 is 4.90 Å². The Morgan fingerprint density at radius 3 is 1.90 bits per heavy atom. The monoisotopic (exact) mass is 448 g/mol. The number of hydrogen-bond donors (Lipinski definition) is 0. The minimum atomic E-state index is -3.37. The summed E-state index contributed by atoms with van der Waals surface area (Å²) < 4.78 is 28.6. The van der Waals surface area contributed by atoms with Crippen LogP contribution in [0.1, 0.15) is 43.0 Å². The maximum Gasteiger partial charge on any atom is 0.281 e. The molecule has 0 bridgehead atoms. The van der Waals surface area contributed by atoms with Gasteiger partial charge in [0, 0.05) is 69.5 Å². The number of anilines is 1. The summed E-state index contributed by atoms with van der Waals surface area (Å²) in [5, 5.41) is 0. The van der Waals surface area contributed by atoms with E-state index in [0.717, 1.165) is 31.6 Å². The summed E-state index contributed by atoms with van der Waals surface area (Å²) in [6.45, 7) is 6.49. The van der Waals surface area contributed by atoms with E-state index in [-0.39, 0.29) is 17.6 Å². The van der Waals surface area contributed by atoms with Crippen molar-refractivity contribution >= 4 is 27.6 Å². The predicted molar refractivity (Wildman–Crippen MR) is 119 cm³/mol. The third-order valence-corrected chi connectivity index (χ3v) is 8.79. The maximum absolute atomic E-state index is 13.0. The molecule has 170 valence electrons. The number of carbonyl (C=O) groups excluding carboxylic acids is 2. The number of ketones is 1. The molecule has 9 heteroatoms. The first-order valence-corrected chi connectivity index (χ1v) is 12.7. The average molecular weight is 449 g/mol. The number of rotatable bonds is 5. The number of piperazine rings is 1. The summed E-state index contributed by atoms with van der Waals surface area (Å²) in [6.07, 6.45) is 3.05. The van der Waals surface area contributed by atoms with E-state index in [1.165, 1.54) is 0 Å². The van der Waals surface area contributed by atoms with Crippen molar-refractivity contribution in [2.45, 2.75) is 32.6 Å². The van der Waals surface area contributed by atoms with Crippen LogP contribution >= 0.6 is 0 Å². The van der Waals surface area contributed by atoms with Crippen LogP contribution in [-0.2, 0) is 15.0 Å². The Kier molecular flexibility index (Phi) is 6.64. The number of amides is 1. The molecule has 0 saturated carbocycles. The molecule has 0 aromatic heterocycles. The van der Waals surface area contributed by atoms with Gasteiger partial charge in [0.05, 0.1) is 0 Å². The molecular formula is C22H32N4O4S. The molecule has 0 spiro atoms. The zero-order valence-electron chi connectivity index (χ0n) is 18.2. The van der Waals surface area contributed by atoms with E-state index in [1.54, 1.807) is 15.5 Å². The van der Waals surface area contributed by atoms with E-state index in [2.05, 4.69) is 4.90 Å². The Balaban J connectivity index is 1.27. The van der Waals surface area contributed by atoms with Gasteiger partial charge >= 0.3 is 0 Å². The van der Waals surface area contributed by atoms with Crippen molar-refractivity contribution in [3.05, 3.63) is 29.8 Å². The van der Waals surface area contributed by atoms with Gasteiger partial charge in [-0.15, -0.1) is 0 Å². The van der Waals surface area contributed by atoms with Gasteiger partial charge in [0.25, 0.3) is 10.2 Å². The summed E-state index contributed by atoms with van der Waals surface area (Å²) in [5.74, 6) is 0.123. The second-order valence-corrected chi connectivity index (χ2v) is 10.6. The summed E-state index contributed by atoms with van der Waals surface area (Å²) in [6, 6.07) is 7.62. The Morgan fingerprint density at radius 1 is 0.806 bits per heavy atom.